The molecule has 1 atom stereocenters. The van der Waals surface area contributed by atoms with Gasteiger partial charge in [-0.25, -0.2) is 0 Å². The molecule has 1 heteroatoms. The minimum absolute atomic E-state index is 0.0691. The lowest BCUT2D eigenvalue weighted by atomic mass is 10.0. The molecule has 88 valence electrons. The Kier molecular flexibility index (Phi) is 4.03. The normalized spacial score (nSPS) is 19.7. The van der Waals surface area contributed by atoms with Crippen molar-refractivity contribution in [1.82, 2.24) is 0 Å². The van der Waals surface area contributed by atoms with Crippen LogP contribution in [0.25, 0.3) is 0 Å². The van der Waals surface area contributed by atoms with E-state index < -0.39 is 0 Å². The molecule has 0 amide bonds. The predicted molar refractivity (Wildman–Crippen MR) is 75.3 cm³/mol. The average molecular weight is 234 g/mol. The molecule has 1 aromatic carbocycles. The van der Waals surface area contributed by atoms with Gasteiger partial charge < -0.3 is 0 Å². The molecule has 2 rings (SSSR count). The van der Waals surface area contributed by atoms with Gasteiger partial charge >= 0.3 is 0 Å². The van der Waals surface area contributed by atoms with E-state index in [4.69, 9.17) is 0 Å². The van der Waals surface area contributed by atoms with Crippen molar-refractivity contribution in [3.05, 3.63) is 29.3 Å². The SMILES string of the molecule is Cc1cccc(P(C)C2CCCCC2)c1C. The van der Waals surface area contributed by atoms with Gasteiger partial charge in [0.1, 0.15) is 0 Å². The third kappa shape index (κ3) is 2.48. The lowest BCUT2D eigenvalue weighted by Crippen LogP contribution is -2.18. The molecule has 1 aliphatic carbocycles. The van der Waals surface area contributed by atoms with Crippen LogP contribution in [0.2, 0.25) is 0 Å². The molecule has 0 bridgehead atoms. The standard InChI is InChI=1S/C15H23P/c1-12-8-7-11-15(13(12)2)16(3)14-9-5-4-6-10-14/h7-8,11,14H,4-6,9-10H2,1-3H3. The highest BCUT2D eigenvalue weighted by Crippen LogP contribution is 2.44. The lowest BCUT2D eigenvalue weighted by molar-refractivity contribution is 0.512. The first-order chi connectivity index (χ1) is 7.70. The van der Waals surface area contributed by atoms with Crippen LogP contribution < -0.4 is 5.30 Å². The second kappa shape index (κ2) is 5.32. The molecule has 1 aliphatic rings. The van der Waals surface area contributed by atoms with Gasteiger partial charge in [-0.1, -0.05) is 45.4 Å². The van der Waals surface area contributed by atoms with Crippen LogP contribution in [-0.4, -0.2) is 12.3 Å². The molecule has 0 N–H and O–H groups in total. The summed E-state index contributed by atoms with van der Waals surface area (Å²) >= 11 is 0. The quantitative estimate of drug-likeness (QED) is 0.666. The van der Waals surface area contributed by atoms with Gasteiger partial charge in [-0.15, -0.1) is 0 Å². The summed E-state index contributed by atoms with van der Waals surface area (Å²) in [7, 11) is 0.0691. The van der Waals surface area contributed by atoms with E-state index in [0.717, 1.165) is 5.66 Å². The van der Waals surface area contributed by atoms with Crippen LogP contribution in [0, 0.1) is 13.8 Å². The van der Waals surface area contributed by atoms with Gasteiger partial charge in [0.2, 0.25) is 0 Å². The minimum atomic E-state index is 0.0691. The molecule has 0 aliphatic heterocycles. The van der Waals surface area contributed by atoms with E-state index in [-0.39, 0.29) is 7.92 Å². The van der Waals surface area contributed by atoms with E-state index in [1.807, 2.05) is 0 Å². The zero-order valence-corrected chi connectivity index (χ0v) is 11.7. The molecule has 1 saturated carbocycles. The highest BCUT2D eigenvalue weighted by atomic mass is 31.1. The summed E-state index contributed by atoms with van der Waals surface area (Å²) in [5, 5.41) is 1.65. The second-order valence-electron chi connectivity index (χ2n) is 5.12. The maximum absolute atomic E-state index is 2.49. The molecule has 0 aromatic heterocycles. The third-order valence-corrected chi connectivity index (χ3v) is 6.93. The van der Waals surface area contributed by atoms with Crippen molar-refractivity contribution >= 4 is 13.2 Å². The number of benzene rings is 1. The second-order valence-corrected chi connectivity index (χ2v) is 7.56. The first kappa shape index (κ1) is 12.1. The summed E-state index contributed by atoms with van der Waals surface area (Å²) in [5.74, 6) is 0. The predicted octanol–water partition coefficient (Wildman–Crippen LogP) is 4.37. The molecule has 1 unspecified atom stereocenters. The van der Waals surface area contributed by atoms with Crippen LogP contribution in [0.15, 0.2) is 18.2 Å². The Hall–Kier alpha value is -0.350. The van der Waals surface area contributed by atoms with Crippen molar-refractivity contribution in [3.63, 3.8) is 0 Å². The molecule has 0 heterocycles. The van der Waals surface area contributed by atoms with Crippen molar-refractivity contribution in [2.45, 2.75) is 51.6 Å². The first-order valence-electron chi connectivity index (χ1n) is 6.49. The molecular weight excluding hydrogens is 211 g/mol. The first-order valence-corrected chi connectivity index (χ1v) is 8.35. The Morgan fingerprint density at radius 3 is 2.44 bits per heavy atom. The highest BCUT2D eigenvalue weighted by molar-refractivity contribution is 7.65. The Labute approximate surface area is 101 Å². The molecule has 0 nitrogen and oxygen atoms in total. The van der Waals surface area contributed by atoms with Crippen LogP contribution in [0.5, 0.6) is 0 Å². The van der Waals surface area contributed by atoms with Crippen molar-refractivity contribution < 1.29 is 0 Å². The molecule has 16 heavy (non-hydrogen) atoms. The van der Waals surface area contributed by atoms with E-state index in [9.17, 15) is 0 Å². The van der Waals surface area contributed by atoms with Crippen LogP contribution >= 0.6 is 7.92 Å². The minimum Gasteiger partial charge on any atom is -0.0750 e. The van der Waals surface area contributed by atoms with Gasteiger partial charge in [-0.3, -0.25) is 0 Å². The Morgan fingerprint density at radius 1 is 1.06 bits per heavy atom. The Bertz CT molecular complexity index is 350. The Morgan fingerprint density at radius 2 is 1.75 bits per heavy atom. The van der Waals surface area contributed by atoms with Crippen molar-refractivity contribution in [2.75, 3.05) is 6.66 Å². The van der Waals surface area contributed by atoms with Crippen molar-refractivity contribution in [3.8, 4) is 0 Å². The summed E-state index contributed by atoms with van der Waals surface area (Å²) in [6, 6.07) is 6.84. The monoisotopic (exact) mass is 234 g/mol. The highest BCUT2D eigenvalue weighted by Gasteiger charge is 2.22. The third-order valence-electron chi connectivity index (χ3n) is 4.08. The molecule has 1 aromatic rings. The smallest absolute Gasteiger partial charge is 0.0171 e. The van der Waals surface area contributed by atoms with E-state index in [1.54, 1.807) is 10.9 Å². The Balaban J connectivity index is 2.19. The number of aryl methyl sites for hydroxylation is 1. The van der Waals surface area contributed by atoms with Crippen LogP contribution in [0.1, 0.15) is 43.2 Å². The van der Waals surface area contributed by atoms with Crippen LogP contribution in [-0.2, 0) is 0 Å². The van der Waals surface area contributed by atoms with E-state index >= 15 is 0 Å². The zero-order valence-electron chi connectivity index (χ0n) is 10.8. The molecule has 0 spiro atoms. The van der Waals surface area contributed by atoms with E-state index in [2.05, 4.69) is 38.7 Å². The summed E-state index contributed by atoms with van der Waals surface area (Å²) in [6.07, 6.45) is 7.32. The number of hydrogen-bond acceptors (Lipinski definition) is 0. The number of hydrogen-bond donors (Lipinski definition) is 0. The largest absolute Gasteiger partial charge is 0.0750 e. The van der Waals surface area contributed by atoms with Crippen LogP contribution in [0.3, 0.4) is 0 Å². The number of rotatable bonds is 2. The topological polar surface area (TPSA) is 0 Å². The maximum atomic E-state index is 2.49. The maximum Gasteiger partial charge on any atom is -0.0171 e. The van der Waals surface area contributed by atoms with Crippen molar-refractivity contribution in [1.29, 1.82) is 0 Å². The summed E-state index contributed by atoms with van der Waals surface area (Å²) in [4.78, 5) is 0. The van der Waals surface area contributed by atoms with E-state index in [0.29, 0.717) is 0 Å². The lowest BCUT2D eigenvalue weighted by Gasteiger charge is -2.29. The zero-order chi connectivity index (χ0) is 11.5. The molecule has 0 saturated heterocycles. The summed E-state index contributed by atoms with van der Waals surface area (Å²) in [5.41, 5.74) is 3.99. The van der Waals surface area contributed by atoms with Gasteiger partial charge in [0.15, 0.2) is 0 Å². The fraction of sp³-hybridized carbons (Fsp3) is 0.600. The average Bonchev–Trinajstić information content (AvgIpc) is 2.33. The fourth-order valence-corrected chi connectivity index (χ4v) is 5.34. The van der Waals surface area contributed by atoms with Gasteiger partial charge in [0, 0.05) is 0 Å². The summed E-state index contributed by atoms with van der Waals surface area (Å²) < 4.78 is 0. The van der Waals surface area contributed by atoms with Crippen molar-refractivity contribution in [2.24, 2.45) is 0 Å². The summed E-state index contributed by atoms with van der Waals surface area (Å²) in [6.45, 7) is 7.03. The molecule has 1 fully saturated rings. The van der Waals surface area contributed by atoms with E-state index in [1.165, 1.54) is 37.7 Å². The molecule has 0 radical (unpaired) electrons. The van der Waals surface area contributed by atoms with Gasteiger partial charge in [-0.05, 0) is 55.4 Å². The van der Waals surface area contributed by atoms with Crippen LogP contribution in [0.4, 0.5) is 0 Å². The fourth-order valence-electron chi connectivity index (χ4n) is 2.78. The van der Waals surface area contributed by atoms with Gasteiger partial charge in [0.25, 0.3) is 0 Å². The molecular formula is C15H23P. The van der Waals surface area contributed by atoms with Gasteiger partial charge in [0.05, 0.1) is 0 Å². The van der Waals surface area contributed by atoms with Gasteiger partial charge in [-0.2, -0.15) is 0 Å².